The summed E-state index contributed by atoms with van der Waals surface area (Å²) in [5.41, 5.74) is -1.02. The van der Waals surface area contributed by atoms with Crippen molar-refractivity contribution in [1.29, 1.82) is 0 Å². The number of hydrogen-bond donors (Lipinski definition) is 1. The van der Waals surface area contributed by atoms with Crippen LogP contribution in [-0.2, 0) is 16.4 Å². The number of carboxylic acid groups (broad SMARTS) is 1. The van der Waals surface area contributed by atoms with Gasteiger partial charge in [0.1, 0.15) is 0 Å². The fourth-order valence-corrected chi connectivity index (χ4v) is 2.50. The predicted molar refractivity (Wildman–Crippen MR) is 89.2 cm³/mol. The van der Waals surface area contributed by atoms with Crippen molar-refractivity contribution < 1.29 is 19.2 Å². The second-order valence-electron chi connectivity index (χ2n) is 7.96. The number of rotatable bonds is 2. The molecule has 0 atom stereocenters. The SMILES string of the molecule is Cn1cc(B2OC(C)(C)C(C)(C)O2)c(N(C(=O)O)C(C)(C)C)n1. The van der Waals surface area contributed by atoms with E-state index in [-0.39, 0.29) is 0 Å². The van der Waals surface area contributed by atoms with E-state index in [9.17, 15) is 9.90 Å². The van der Waals surface area contributed by atoms with Gasteiger partial charge in [-0.15, -0.1) is 0 Å². The minimum atomic E-state index is -1.06. The molecule has 0 unspecified atom stereocenters. The Balaban J connectivity index is 2.49. The van der Waals surface area contributed by atoms with Crippen LogP contribution in [0.5, 0.6) is 0 Å². The Kier molecular flexibility index (Phi) is 4.06. The number of aromatic nitrogens is 2. The minimum absolute atomic E-state index is 0.339. The summed E-state index contributed by atoms with van der Waals surface area (Å²) in [5.74, 6) is 0.339. The van der Waals surface area contributed by atoms with E-state index in [1.165, 1.54) is 4.90 Å². The molecule has 1 amide bonds. The van der Waals surface area contributed by atoms with E-state index in [0.717, 1.165) is 0 Å². The molecule has 2 heterocycles. The normalized spacial score (nSPS) is 19.9. The van der Waals surface area contributed by atoms with E-state index in [4.69, 9.17) is 9.31 Å². The average Bonchev–Trinajstić information content (AvgIpc) is 2.75. The van der Waals surface area contributed by atoms with Gasteiger partial charge in [-0.25, -0.2) is 4.79 Å². The molecule has 23 heavy (non-hydrogen) atoms. The predicted octanol–water partition coefficient (Wildman–Crippen LogP) is 2.00. The maximum atomic E-state index is 11.8. The van der Waals surface area contributed by atoms with E-state index in [2.05, 4.69) is 5.10 Å². The summed E-state index contributed by atoms with van der Waals surface area (Å²) in [7, 11) is 1.09. The van der Waals surface area contributed by atoms with Crippen LogP contribution in [0.15, 0.2) is 6.20 Å². The lowest BCUT2D eigenvalue weighted by molar-refractivity contribution is 0.00578. The van der Waals surface area contributed by atoms with Crippen LogP contribution in [0.3, 0.4) is 0 Å². The molecule has 1 aromatic heterocycles. The van der Waals surface area contributed by atoms with Gasteiger partial charge in [-0.3, -0.25) is 9.58 Å². The molecule has 1 fully saturated rings. The molecular formula is C15H26BN3O4. The van der Waals surface area contributed by atoms with Crippen molar-refractivity contribution in [3.05, 3.63) is 6.20 Å². The van der Waals surface area contributed by atoms with Crippen molar-refractivity contribution >= 4 is 24.5 Å². The van der Waals surface area contributed by atoms with Crippen LogP contribution >= 0.6 is 0 Å². The first-order valence-electron chi connectivity index (χ1n) is 7.68. The number of anilines is 1. The topological polar surface area (TPSA) is 76.8 Å². The standard InChI is InChI=1S/C15H26BN3O4/c1-13(2,3)19(12(20)21)11-10(9-18(8)17-11)16-22-14(4,5)15(6,7)23-16/h9H,1-8H3,(H,20,21). The third kappa shape index (κ3) is 3.10. The summed E-state index contributed by atoms with van der Waals surface area (Å²) in [6.07, 6.45) is 0.688. The van der Waals surface area contributed by atoms with Crippen LogP contribution in [-0.4, -0.2) is 44.8 Å². The van der Waals surface area contributed by atoms with Crippen molar-refractivity contribution in [2.45, 2.75) is 65.2 Å². The monoisotopic (exact) mass is 323 g/mol. The Morgan fingerprint density at radius 3 is 2.13 bits per heavy atom. The summed E-state index contributed by atoms with van der Waals surface area (Å²) in [6.45, 7) is 13.3. The number of amides is 1. The van der Waals surface area contributed by atoms with Gasteiger partial charge in [0.25, 0.3) is 0 Å². The number of nitrogens with zero attached hydrogens (tertiary/aromatic N) is 3. The molecule has 1 aliphatic heterocycles. The van der Waals surface area contributed by atoms with E-state index in [0.29, 0.717) is 11.3 Å². The molecule has 0 bridgehead atoms. The third-order valence-electron chi connectivity index (χ3n) is 4.42. The quantitative estimate of drug-likeness (QED) is 0.843. The van der Waals surface area contributed by atoms with Gasteiger partial charge in [-0.05, 0) is 48.5 Å². The maximum absolute atomic E-state index is 11.8. The Bertz CT molecular complexity index is 603. The second-order valence-corrected chi connectivity index (χ2v) is 7.96. The molecule has 8 heteroatoms. The van der Waals surface area contributed by atoms with Gasteiger partial charge in [0.05, 0.1) is 11.2 Å². The van der Waals surface area contributed by atoms with Gasteiger partial charge >= 0.3 is 13.2 Å². The van der Waals surface area contributed by atoms with Gasteiger partial charge in [0.15, 0.2) is 5.82 Å². The Labute approximate surface area is 137 Å². The van der Waals surface area contributed by atoms with E-state index < -0.39 is 30.0 Å². The summed E-state index contributed by atoms with van der Waals surface area (Å²) >= 11 is 0. The molecule has 1 saturated heterocycles. The fourth-order valence-electron chi connectivity index (χ4n) is 2.50. The third-order valence-corrected chi connectivity index (χ3v) is 4.42. The van der Waals surface area contributed by atoms with Crippen molar-refractivity contribution in [2.75, 3.05) is 4.90 Å². The van der Waals surface area contributed by atoms with Crippen LogP contribution in [0.4, 0.5) is 10.6 Å². The molecule has 0 aliphatic carbocycles. The fraction of sp³-hybridized carbons (Fsp3) is 0.733. The Hall–Kier alpha value is -1.54. The van der Waals surface area contributed by atoms with E-state index >= 15 is 0 Å². The van der Waals surface area contributed by atoms with Crippen LogP contribution in [0.2, 0.25) is 0 Å². The van der Waals surface area contributed by atoms with Gasteiger partial charge in [-0.2, -0.15) is 5.10 Å². The summed E-state index contributed by atoms with van der Waals surface area (Å²) in [5, 5.41) is 14.0. The Morgan fingerprint density at radius 2 is 1.74 bits per heavy atom. The minimum Gasteiger partial charge on any atom is -0.465 e. The Morgan fingerprint density at radius 1 is 1.26 bits per heavy atom. The molecule has 0 spiro atoms. The summed E-state index contributed by atoms with van der Waals surface area (Å²) in [4.78, 5) is 13.0. The van der Waals surface area contributed by atoms with Crippen molar-refractivity contribution in [1.82, 2.24) is 9.78 Å². The molecule has 128 valence electrons. The highest BCUT2D eigenvalue weighted by Crippen LogP contribution is 2.37. The van der Waals surface area contributed by atoms with Crippen molar-refractivity contribution in [3.63, 3.8) is 0 Å². The zero-order valence-electron chi connectivity index (χ0n) is 15.2. The molecule has 0 aromatic carbocycles. The maximum Gasteiger partial charge on any atom is 0.500 e. The zero-order chi connectivity index (χ0) is 17.8. The van der Waals surface area contributed by atoms with Crippen LogP contribution in [0.25, 0.3) is 0 Å². The number of aryl methyl sites for hydroxylation is 1. The molecule has 1 N–H and O–H groups in total. The molecule has 0 saturated carbocycles. The van der Waals surface area contributed by atoms with E-state index in [1.54, 1.807) is 17.9 Å². The summed E-state index contributed by atoms with van der Waals surface area (Å²) < 4.78 is 13.7. The highest BCUT2D eigenvalue weighted by Gasteiger charge is 2.53. The van der Waals surface area contributed by atoms with Crippen LogP contribution in [0, 0.1) is 0 Å². The van der Waals surface area contributed by atoms with Gasteiger partial charge in [0.2, 0.25) is 0 Å². The molecule has 0 radical (unpaired) electrons. The highest BCUT2D eigenvalue weighted by atomic mass is 16.7. The lowest BCUT2D eigenvalue weighted by Crippen LogP contribution is -2.49. The van der Waals surface area contributed by atoms with Gasteiger partial charge in [0, 0.05) is 24.2 Å². The largest absolute Gasteiger partial charge is 0.500 e. The first kappa shape index (κ1) is 17.8. The van der Waals surface area contributed by atoms with Crippen LogP contribution in [0.1, 0.15) is 48.5 Å². The molecule has 2 rings (SSSR count). The molecule has 7 nitrogen and oxygen atoms in total. The summed E-state index contributed by atoms with van der Waals surface area (Å²) in [6, 6.07) is 0. The van der Waals surface area contributed by atoms with Gasteiger partial charge < -0.3 is 14.4 Å². The second kappa shape index (κ2) is 5.24. The first-order valence-corrected chi connectivity index (χ1v) is 7.68. The molecular weight excluding hydrogens is 297 g/mol. The highest BCUT2D eigenvalue weighted by molar-refractivity contribution is 6.64. The van der Waals surface area contributed by atoms with Gasteiger partial charge in [-0.1, -0.05) is 0 Å². The lowest BCUT2D eigenvalue weighted by atomic mass is 9.80. The first-order chi connectivity index (χ1) is 10.3. The number of carbonyl (C=O) groups is 1. The van der Waals surface area contributed by atoms with Crippen LogP contribution < -0.4 is 10.4 Å². The van der Waals surface area contributed by atoms with Crippen molar-refractivity contribution in [2.24, 2.45) is 7.05 Å². The number of hydrogen-bond acceptors (Lipinski definition) is 4. The van der Waals surface area contributed by atoms with Crippen molar-refractivity contribution in [3.8, 4) is 0 Å². The van der Waals surface area contributed by atoms with E-state index in [1.807, 2.05) is 48.5 Å². The molecule has 1 aromatic rings. The molecule has 1 aliphatic rings. The smallest absolute Gasteiger partial charge is 0.465 e. The lowest BCUT2D eigenvalue weighted by Gasteiger charge is -2.32. The zero-order valence-corrected chi connectivity index (χ0v) is 15.2. The average molecular weight is 323 g/mol.